The van der Waals surface area contributed by atoms with Gasteiger partial charge in [-0.2, -0.15) is 0 Å². The number of carbonyl (C=O) groups excluding carboxylic acids is 1. The van der Waals surface area contributed by atoms with E-state index in [-0.39, 0.29) is 6.03 Å². The summed E-state index contributed by atoms with van der Waals surface area (Å²) in [6, 6.07) is 7.70. The molecule has 5 nitrogen and oxygen atoms in total. The Hall–Kier alpha value is -2.43. The van der Waals surface area contributed by atoms with Crippen LogP contribution < -0.4 is 5.32 Å². The van der Waals surface area contributed by atoms with E-state index in [1.807, 2.05) is 31.2 Å². The number of rotatable bonds is 1. The zero-order valence-electron chi connectivity index (χ0n) is 11.3. The molecule has 2 amide bonds. The highest BCUT2D eigenvalue weighted by molar-refractivity contribution is 5.89. The molecule has 0 saturated carbocycles. The molecule has 20 heavy (non-hydrogen) atoms. The number of aryl methyl sites for hydroxylation is 1. The molecule has 1 aliphatic heterocycles. The number of aromatic nitrogens is 2. The van der Waals surface area contributed by atoms with Crippen molar-refractivity contribution in [1.29, 1.82) is 0 Å². The van der Waals surface area contributed by atoms with E-state index in [4.69, 9.17) is 0 Å². The van der Waals surface area contributed by atoms with E-state index in [0.29, 0.717) is 13.1 Å². The summed E-state index contributed by atoms with van der Waals surface area (Å²) >= 11 is 0. The molecular formula is C15H16N4O. The molecule has 0 saturated heterocycles. The molecule has 0 radical (unpaired) electrons. The number of nitrogens with one attached hydrogen (secondary N) is 1. The van der Waals surface area contributed by atoms with Crippen LogP contribution in [0.4, 0.5) is 10.5 Å². The number of urea groups is 1. The lowest BCUT2D eigenvalue weighted by Gasteiger charge is -2.27. The summed E-state index contributed by atoms with van der Waals surface area (Å²) in [5.74, 6) is 0. The first-order chi connectivity index (χ1) is 9.72. The molecule has 0 fully saturated rings. The highest BCUT2D eigenvalue weighted by Gasteiger charge is 2.21. The molecule has 1 aliphatic rings. The van der Waals surface area contributed by atoms with Gasteiger partial charge in [-0.1, -0.05) is 17.7 Å². The Morgan fingerprint density at radius 2 is 2.10 bits per heavy atom. The quantitative estimate of drug-likeness (QED) is 0.863. The van der Waals surface area contributed by atoms with Gasteiger partial charge in [0.15, 0.2) is 0 Å². The van der Waals surface area contributed by atoms with Crippen molar-refractivity contribution in [3.63, 3.8) is 0 Å². The highest BCUT2D eigenvalue weighted by atomic mass is 16.2. The molecule has 1 aromatic carbocycles. The Labute approximate surface area is 117 Å². The lowest BCUT2D eigenvalue weighted by molar-refractivity contribution is 0.206. The summed E-state index contributed by atoms with van der Waals surface area (Å²) in [5, 5.41) is 2.92. The molecule has 3 rings (SSSR count). The molecule has 102 valence electrons. The summed E-state index contributed by atoms with van der Waals surface area (Å²) in [6.07, 6.45) is 4.12. The molecule has 1 N–H and O–H groups in total. The summed E-state index contributed by atoms with van der Waals surface area (Å²) in [5.41, 5.74) is 4.06. The van der Waals surface area contributed by atoms with Crippen molar-refractivity contribution in [2.45, 2.75) is 19.9 Å². The van der Waals surface area contributed by atoms with Gasteiger partial charge in [0, 0.05) is 30.4 Å². The van der Waals surface area contributed by atoms with Crippen molar-refractivity contribution in [3.05, 3.63) is 53.6 Å². The van der Waals surface area contributed by atoms with Crippen LogP contribution in [0.2, 0.25) is 0 Å². The first-order valence-electron chi connectivity index (χ1n) is 6.63. The highest BCUT2D eigenvalue weighted by Crippen LogP contribution is 2.17. The number of amides is 2. The van der Waals surface area contributed by atoms with E-state index in [9.17, 15) is 4.79 Å². The summed E-state index contributed by atoms with van der Waals surface area (Å²) in [4.78, 5) is 22.3. The van der Waals surface area contributed by atoms with Crippen LogP contribution in [-0.2, 0) is 13.0 Å². The SMILES string of the molecule is Cc1ccc(NC(=O)N2CCc3ncncc3C2)cc1. The predicted molar refractivity (Wildman–Crippen MR) is 76.3 cm³/mol. The van der Waals surface area contributed by atoms with Crippen LogP contribution in [0.15, 0.2) is 36.8 Å². The zero-order valence-corrected chi connectivity index (χ0v) is 11.3. The minimum Gasteiger partial charge on any atom is -0.320 e. The van der Waals surface area contributed by atoms with E-state index in [2.05, 4.69) is 15.3 Å². The molecule has 2 aromatic rings. The lowest BCUT2D eigenvalue weighted by Crippen LogP contribution is -2.39. The number of benzene rings is 1. The fraction of sp³-hybridized carbons (Fsp3) is 0.267. The zero-order chi connectivity index (χ0) is 13.9. The van der Waals surface area contributed by atoms with Crippen molar-refractivity contribution in [2.75, 3.05) is 11.9 Å². The van der Waals surface area contributed by atoms with Gasteiger partial charge < -0.3 is 10.2 Å². The third-order valence-electron chi connectivity index (χ3n) is 3.45. The monoisotopic (exact) mass is 268 g/mol. The van der Waals surface area contributed by atoms with E-state index in [0.717, 1.165) is 23.4 Å². The third kappa shape index (κ3) is 2.61. The van der Waals surface area contributed by atoms with Crippen LogP contribution in [0.1, 0.15) is 16.8 Å². The van der Waals surface area contributed by atoms with Gasteiger partial charge in [0.05, 0.1) is 12.2 Å². The molecule has 5 heteroatoms. The van der Waals surface area contributed by atoms with Gasteiger partial charge in [0.1, 0.15) is 6.33 Å². The van der Waals surface area contributed by atoms with Gasteiger partial charge in [-0.15, -0.1) is 0 Å². The number of hydrogen-bond donors (Lipinski definition) is 1. The standard InChI is InChI=1S/C15H16N4O/c1-11-2-4-13(5-3-11)18-15(20)19-7-6-14-12(9-19)8-16-10-17-14/h2-5,8,10H,6-7,9H2,1H3,(H,18,20). The normalized spacial score (nSPS) is 13.8. The van der Waals surface area contributed by atoms with Crippen molar-refractivity contribution in [3.8, 4) is 0 Å². The Bertz CT molecular complexity index is 624. The second-order valence-electron chi connectivity index (χ2n) is 4.96. The van der Waals surface area contributed by atoms with Gasteiger partial charge in [-0.25, -0.2) is 14.8 Å². The first-order valence-corrected chi connectivity index (χ1v) is 6.63. The first kappa shape index (κ1) is 12.6. The van der Waals surface area contributed by atoms with Crippen LogP contribution in [0.25, 0.3) is 0 Å². The molecule has 0 aliphatic carbocycles. The van der Waals surface area contributed by atoms with Crippen LogP contribution in [0, 0.1) is 6.92 Å². The van der Waals surface area contributed by atoms with Crippen LogP contribution in [0.3, 0.4) is 0 Å². The second kappa shape index (κ2) is 5.28. The summed E-state index contributed by atoms with van der Waals surface area (Å²) in [6.45, 7) is 3.27. The Morgan fingerprint density at radius 3 is 2.90 bits per heavy atom. The average Bonchev–Trinajstić information content (AvgIpc) is 2.49. The van der Waals surface area contributed by atoms with Gasteiger partial charge >= 0.3 is 6.03 Å². The van der Waals surface area contributed by atoms with Crippen molar-refractivity contribution < 1.29 is 4.79 Å². The number of nitrogens with zero attached hydrogens (tertiary/aromatic N) is 3. The fourth-order valence-electron chi connectivity index (χ4n) is 2.28. The van der Waals surface area contributed by atoms with Gasteiger partial charge in [-0.05, 0) is 19.1 Å². The molecule has 0 spiro atoms. The second-order valence-corrected chi connectivity index (χ2v) is 4.96. The molecule has 2 heterocycles. The number of fused-ring (bicyclic) bond motifs is 1. The van der Waals surface area contributed by atoms with E-state index >= 15 is 0 Å². The number of anilines is 1. The van der Waals surface area contributed by atoms with Crippen molar-refractivity contribution in [1.82, 2.24) is 14.9 Å². The molecule has 1 aromatic heterocycles. The maximum absolute atomic E-state index is 12.2. The Balaban J connectivity index is 1.68. The van der Waals surface area contributed by atoms with Crippen molar-refractivity contribution in [2.24, 2.45) is 0 Å². The van der Waals surface area contributed by atoms with E-state index < -0.39 is 0 Å². The molecule has 0 bridgehead atoms. The summed E-state index contributed by atoms with van der Waals surface area (Å²) < 4.78 is 0. The summed E-state index contributed by atoms with van der Waals surface area (Å²) in [7, 11) is 0. The van der Waals surface area contributed by atoms with Gasteiger partial charge in [-0.3, -0.25) is 0 Å². The largest absolute Gasteiger partial charge is 0.322 e. The average molecular weight is 268 g/mol. The number of hydrogen-bond acceptors (Lipinski definition) is 3. The molecule has 0 atom stereocenters. The van der Waals surface area contributed by atoms with Gasteiger partial charge in [0.25, 0.3) is 0 Å². The van der Waals surface area contributed by atoms with Crippen LogP contribution in [0.5, 0.6) is 0 Å². The Morgan fingerprint density at radius 1 is 1.30 bits per heavy atom. The van der Waals surface area contributed by atoms with Gasteiger partial charge in [0.2, 0.25) is 0 Å². The number of carbonyl (C=O) groups is 1. The third-order valence-corrected chi connectivity index (χ3v) is 3.45. The van der Waals surface area contributed by atoms with E-state index in [1.165, 1.54) is 5.56 Å². The van der Waals surface area contributed by atoms with E-state index in [1.54, 1.807) is 17.4 Å². The Kier molecular flexibility index (Phi) is 3.33. The smallest absolute Gasteiger partial charge is 0.320 e. The van der Waals surface area contributed by atoms with Crippen molar-refractivity contribution >= 4 is 11.7 Å². The lowest BCUT2D eigenvalue weighted by atomic mass is 10.1. The van der Waals surface area contributed by atoms with Crippen LogP contribution in [-0.4, -0.2) is 27.4 Å². The predicted octanol–water partition coefficient (Wildman–Crippen LogP) is 2.38. The molecule has 0 unspecified atom stereocenters. The van der Waals surface area contributed by atoms with Crippen LogP contribution >= 0.6 is 0 Å². The fourth-order valence-corrected chi connectivity index (χ4v) is 2.28. The maximum Gasteiger partial charge on any atom is 0.322 e. The molecular weight excluding hydrogens is 252 g/mol. The minimum atomic E-state index is -0.0802. The maximum atomic E-state index is 12.2. The minimum absolute atomic E-state index is 0.0802. The topological polar surface area (TPSA) is 58.1 Å².